The fourth-order valence-electron chi connectivity index (χ4n) is 3.04. The summed E-state index contributed by atoms with van der Waals surface area (Å²) in [6.45, 7) is 1.23. The molecule has 3 amide bonds. The van der Waals surface area contributed by atoms with Crippen molar-refractivity contribution in [3.05, 3.63) is 48.3 Å². The summed E-state index contributed by atoms with van der Waals surface area (Å²) in [6, 6.07) is 9.36. The number of hydrogen-bond acceptors (Lipinski definition) is 3. The predicted molar refractivity (Wildman–Crippen MR) is 95.2 cm³/mol. The van der Waals surface area contributed by atoms with E-state index in [1.54, 1.807) is 36.1 Å². The maximum absolute atomic E-state index is 12.5. The Morgan fingerprint density at radius 3 is 2.76 bits per heavy atom. The Kier molecular flexibility index (Phi) is 5.02. The number of urea groups is 1. The van der Waals surface area contributed by atoms with Crippen molar-refractivity contribution in [1.29, 1.82) is 0 Å². The Balaban J connectivity index is 1.62. The zero-order valence-electron chi connectivity index (χ0n) is 14.6. The summed E-state index contributed by atoms with van der Waals surface area (Å²) in [5.41, 5.74) is 1.77. The van der Waals surface area contributed by atoms with Gasteiger partial charge in [-0.05, 0) is 18.4 Å². The minimum atomic E-state index is -0.380. The highest BCUT2D eigenvalue weighted by molar-refractivity contribution is 5.93. The van der Waals surface area contributed by atoms with E-state index < -0.39 is 0 Å². The van der Waals surface area contributed by atoms with Crippen molar-refractivity contribution in [3.63, 3.8) is 0 Å². The molecule has 25 heavy (non-hydrogen) atoms. The lowest BCUT2D eigenvalue weighted by molar-refractivity contribution is -0.132. The smallest absolute Gasteiger partial charge is 0.322 e. The van der Waals surface area contributed by atoms with Crippen LogP contribution in [0.2, 0.25) is 0 Å². The van der Waals surface area contributed by atoms with E-state index in [0.717, 1.165) is 12.0 Å². The molecule has 1 aromatic heterocycles. The molecule has 1 aliphatic heterocycles. The number of nitrogens with one attached hydrogen (secondary N) is 1. The lowest BCUT2D eigenvalue weighted by Crippen LogP contribution is -2.47. The second kappa shape index (κ2) is 7.38. The Labute approximate surface area is 147 Å². The van der Waals surface area contributed by atoms with Gasteiger partial charge >= 0.3 is 6.03 Å². The highest BCUT2D eigenvalue weighted by Crippen LogP contribution is 2.20. The van der Waals surface area contributed by atoms with Gasteiger partial charge in [0, 0.05) is 26.8 Å². The van der Waals surface area contributed by atoms with E-state index in [9.17, 15) is 9.59 Å². The molecule has 2 heterocycles. The van der Waals surface area contributed by atoms with Gasteiger partial charge in [0.15, 0.2) is 0 Å². The molecule has 1 saturated heterocycles. The van der Waals surface area contributed by atoms with Crippen LogP contribution in [0, 0.1) is 0 Å². The third kappa shape index (κ3) is 3.99. The van der Waals surface area contributed by atoms with Crippen LogP contribution in [0.1, 0.15) is 18.4 Å². The third-order valence-corrected chi connectivity index (χ3v) is 4.31. The van der Waals surface area contributed by atoms with Gasteiger partial charge in [-0.3, -0.25) is 9.48 Å². The molecule has 0 aliphatic carbocycles. The third-order valence-electron chi connectivity index (χ3n) is 4.31. The van der Waals surface area contributed by atoms with Gasteiger partial charge in [-0.25, -0.2) is 4.79 Å². The summed E-state index contributed by atoms with van der Waals surface area (Å²) in [6.07, 6.45) is 4.96. The minimum absolute atomic E-state index is 0.0348. The van der Waals surface area contributed by atoms with Crippen LogP contribution in [0.4, 0.5) is 10.5 Å². The van der Waals surface area contributed by atoms with E-state index in [4.69, 9.17) is 0 Å². The second-order valence-corrected chi connectivity index (χ2v) is 6.43. The SMILES string of the molecule is CN(C)C(=O)[C@@H]1CCCN1C(=O)Nc1cnn(Cc2ccccc2)c1. The molecule has 132 valence electrons. The number of carbonyl (C=O) groups is 2. The number of hydrogen-bond donors (Lipinski definition) is 1. The first kappa shape index (κ1) is 17.0. The molecule has 7 heteroatoms. The molecule has 1 aromatic carbocycles. The van der Waals surface area contributed by atoms with Gasteiger partial charge < -0.3 is 15.1 Å². The Bertz CT molecular complexity index is 741. The van der Waals surface area contributed by atoms with E-state index in [2.05, 4.69) is 10.4 Å². The van der Waals surface area contributed by atoms with Crippen molar-refractivity contribution in [1.82, 2.24) is 19.6 Å². The lowest BCUT2D eigenvalue weighted by Gasteiger charge is -2.26. The average Bonchev–Trinajstić information content (AvgIpc) is 3.24. The summed E-state index contributed by atoms with van der Waals surface area (Å²) in [7, 11) is 3.43. The molecule has 0 spiro atoms. The van der Waals surface area contributed by atoms with Crippen LogP contribution in [0.15, 0.2) is 42.7 Å². The maximum atomic E-state index is 12.5. The summed E-state index contributed by atoms with van der Waals surface area (Å²) in [5, 5.41) is 7.13. The van der Waals surface area contributed by atoms with E-state index in [0.29, 0.717) is 25.2 Å². The van der Waals surface area contributed by atoms with Crippen LogP contribution in [0.3, 0.4) is 0 Å². The van der Waals surface area contributed by atoms with Crippen LogP contribution in [-0.2, 0) is 11.3 Å². The first-order chi connectivity index (χ1) is 12.0. The summed E-state index contributed by atoms with van der Waals surface area (Å²) in [4.78, 5) is 27.9. The summed E-state index contributed by atoms with van der Waals surface area (Å²) >= 11 is 0. The second-order valence-electron chi connectivity index (χ2n) is 6.43. The molecular weight excluding hydrogens is 318 g/mol. The molecule has 1 aliphatic rings. The largest absolute Gasteiger partial charge is 0.347 e. The van der Waals surface area contributed by atoms with Crippen molar-refractivity contribution in [2.24, 2.45) is 0 Å². The normalized spacial score (nSPS) is 16.7. The first-order valence-electron chi connectivity index (χ1n) is 8.40. The van der Waals surface area contributed by atoms with Gasteiger partial charge in [0.1, 0.15) is 6.04 Å². The number of rotatable bonds is 4. The van der Waals surface area contributed by atoms with Crippen molar-refractivity contribution < 1.29 is 9.59 Å². The van der Waals surface area contributed by atoms with Gasteiger partial charge in [0.2, 0.25) is 5.91 Å². The molecule has 0 saturated carbocycles. The molecule has 0 bridgehead atoms. The fraction of sp³-hybridized carbons (Fsp3) is 0.389. The number of likely N-dealkylation sites (N-methyl/N-ethyl adjacent to an activating group) is 1. The van der Waals surface area contributed by atoms with E-state index in [-0.39, 0.29) is 18.0 Å². The van der Waals surface area contributed by atoms with Crippen LogP contribution in [0.25, 0.3) is 0 Å². The standard InChI is InChI=1S/C18H23N5O2/c1-21(2)17(24)16-9-6-10-23(16)18(25)20-15-11-19-22(13-15)12-14-7-4-3-5-8-14/h3-5,7-8,11,13,16H,6,9-10,12H2,1-2H3,(H,20,25)/t16-/m0/s1. The molecular formula is C18H23N5O2. The van der Waals surface area contributed by atoms with Crippen molar-refractivity contribution >= 4 is 17.6 Å². The molecule has 3 rings (SSSR count). The molecule has 0 unspecified atom stereocenters. The molecule has 2 aromatic rings. The number of amides is 3. The first-order valence-corrected chi connectivity index (χ1v) is 8.40. The van der Waals surface area contributed by atoms with E-state index >= 15 is 0 Å². The monoisotopic (exact) mass is 341 g/mol. The van der Waals surface area contributed by atoms with Gasteiger partial charge in [0.05, 0.1) is 18.4 Å². The quantitative estimate of drug-likeness (QED) is 0.925. The van der Waals surface area contributed by atoms with Crippen LogP contribution in [0.5, 0.6) is 0 Å². The average molecular weight is 341 g/mol. The van der Waals surface area contributed by atoms with E-state index in [1.165, 1.54) is 4.90 Å². The van der Waals surface area contributed by atoms with E-state index in [1.807, 2.05) is 30.3 Å². The van der Waals surface area contributed by atoms with Crippen molar-refractivity contribution in [3.8, 4) is 0 Å². The number of nitrogens with zero attached hydrogens (tertiary/aromatic N) is 4. The Hall–Kier alpha value is -2.83. The minimum Gasteiger partial charge on any atom is -0.347 e. The maximum Gasteiger partial charge on any atom is 0.322 e. The number of carbonyl (C=O) groups excluding carboxylic acids is 2. The predicted octanol–water partition coefficient (Wildman–Crippen LogP) is 2.02. The molecule has 1 N–H and O–H groups in total. The van der Waals surface area contributed by atoms with Crippen LogP contribution < -0.4 is 5.32 Å². The molecule has 1 atom stereocenters. The molecule has 0 radical (unpaired) electrons. The van der Waals surface area contributed by atoms with Gasteiger partial charge in [-0.2, -0.15) is 5.10 Å². The number of aromatic nitrogens is 2. The molecule has 7 nitrogen and oxygen atoms in total. The number of benzene rings is 1. The topological polar surface area (TPSA) is 70.5 Å². The Morgan fingerprint density at radius 2 is 2.04 bits per heavy atom. The molecule has 1 fully saturated rings. The zero-order valence-corrected chi connectivity index (χ0v) is 14.6. The number of anilines is 1. The van der Waals surface area contributed by atoms with Gasteiger partial charge in [0.25, 0.3) is 0 Å². The van der Waals surface area contributed by atoms with Gasteiger partial charge in [-0.1, -0.05) is 30.3 Å². The van der Waals surface area contributed by atoms with Crippen molar-refractivity contribution in [2.75, 3.05) is 26.0 Å². The summed E-state index contributed by atoms with van der Waals surface area (Å²) in [5.74, 6) is -0.0348. The van der Waals surface area contributed by atoms with Crippen molar-refractivity contribution in [2.45, 2.75) is 25.4 Å². The highest BCUT2D eigenvalue weighted by Gasteiger charge is 2.35. The lowest BCUT2D eigenvalue weighted by atomic mass is 10.2. The highest BCUT2D eigenvalue weighted by atomic mass is 16.2. The van der Waals surface area contributed by atoms with Gasteiger partial charge in [-0.15, -0.1) is 0 Å². The Morgan fingerprint density at radius 1 is 1.28 bits per heavy atom. The van der Waals surface area contributed by atoms with Crippen LogP contribution >= 0.6 is 0 Å². The number of likely N-dealkylation sites (tertiary alicyclic amines) is 1. The fourth-order valence-corrected chi connectivity index (χ4v) is 3.04. The zero-order chi connectivity index (χ0) is 17.8. The summed E-state index contributed by atoms with van der Waals surface area (Å²) < 4.78 is 1.78. The van der Waals surface area contributed by atoms with Crippen LogP contribution in [-0.4, -0.2) is 58.2 Å².